The molecule has 0 aliphatic rings. The number of urea groups is 1. The zero-order chi connectivity index (χ0) is 24.1. The molecular weight excluding hydrogens is 482 g/mol. The first-order valence-electron chi connectivity index (χ1n) is 9.92. The van der Waals surface area contributed by atoms with Crippen LogP contribution in [0.1, 0.15) is 24.9 Å². The number of halogens is 2. The van der Waals surface area contributed by atoms with Gasteiger partial charge in [-0.3, -0.25) is 4.79 Å². The van der Waals surface area contributed by atoms with Crippen LogP contribution < -0.4 is 85.5 Å². The molecule has 3 aromatic rings. The molecule has 0 saturated heterocycles. The molecule has 0 bridgehead atoms. The molecule has 0 aliphatic carbocycles. The number of hydrogen-bond donors (Lipinski definition) is 2. The average molecular weight is 501 g/mol. The van der Waals surface area contributed by atoms with E-state index in [4.69, 9.17) is 0 Å². The molecule has 2 amide bonds. The number of carboxylic acid groups (broad SMARTS) is 1. The number of carbonyl (C=O) groups is 2. The number of benzene rings is 2. The number of anilines is 1. The van der Waals surface area contributed by atoms with Crippen LogP contribution in [-0.2, 0) is 11.3 Å². The van der Waals surface area contributed by atoms with Gasteiger partial charge in [0.05, 0.1) is 6.04 Å². The Morgan fingerprint density at radius 1 is 1.09 bits per heavy atom. The van der Waals surface area contributed by atoms with Crippen molar-refractivity contribution in [3.05, 3.63) is 82.3 Å². The molecule has 35 heavy (non-hydrogen) atoms. The maximum absolute atomic E-state index is 14.2. The number of hydrogen-bond acceptors (Lipinski definition) is 5. The second-order valence-electron chi connectivity index (χ2n) is 7.12. The summed E-state index contributed by atoms with van der Waals surface area (Å²) in [6, 6.07) is 8.04. The van der Waals surface area contributed by atoms with Gasteiger partial charge in [-0.25, -0.2) is 13.6 Å². The van der Waals surface area contributed by atoms with Gasteiger partial charge in [-0.1, -0.05) is 30.0 Å². The SMILES string of the molecule is CCn1ccc([O-])c(NC(=O)N[C@@H](CC(=O)[O-])c2cccc(-c3ccc(F)cc3F)c2)c1=O.[Na+].[Na+]. The zero-order valence-corrected chi connectivity index (χ0v) is 23.4. The molecule has 1 atom stereocenters. The minimum atomic E-state index is -1.48. The van der Waals surface area contributed by atoms with Gasteiger partial charge in [0.15, 0.2) is 0 Å². The molecule has 1 heterocycles. The van der Waals surface area contributed by atoms with Gasteiger partial charge in [0, 0.05) is 36.8 Å². The molecule has 12 heteroatoms. The first-order chi connectivity index (χ1) is 15.7. The molecule has 172 valence electrons. The number of aromatic nitrogens is 1. The Morgan fingerprint density at radius 3 is 2.43 bits per heavy atom. The van der Waals surface area contributed by atoms with E-state index in [0.717, 1.165) is 18.2 Å². The van der Waals surface area contributed by atoms with E-state index in [1.165, 1.54) is 41.1 Å². The van der Waals surface area contributed by atoms with Crippen LogP contribution in [0.5, 0.6) is 5.75 Å². The number of carboxylic acids is 1. The molecule has 2 aromatic carbocycles. The summed E-state index contributed by atoms with van der Waals surface area (Å²) in [6.45, 7) is 1.96. The van der Waals surface area contributed by atoms with Crippen molar-refractivity contribution in [3.63, 3.8) is 0 Å². The van der Waals surface area contributed by atoms with E-state index < -0.39 is 53.1 Å². The molecule has 0 aliphatic heterocycles. The Bertz CT molecular complexity index is 1270. The van der Waals surface area contributed by atoms with Crippen LogP contribution in [0, 0.1) is 11.6 Å². The molecule has 0 fully saturated rings. The van der Waals surface area contributed by atoms with Crippen molar-refractivity contribution >= 4 is 17.7 Å². The zero-order valence-electron chi connectivity index (χ0n) is 19.4. The van der Waals surface area contributed by atoms with Gasteiger partial charge < -0.3 is 30.2 Å². The number of aliphatic carboxylic acids is 1. The number of nitrogens with one attached hydrogen (secondary N) is 2. The maximum Gasteiger partial charge on any atom is 1.00 e. The number of rotatable bonds is 7. The fourth-order valence-electron chi connectivity index (χ4n) is 3.30. The summed E-state index contributed by atoms with van der Waals surface area (Å²) in [4.78, 5) is 36.1. The summed E-state index contributed by atoms with van der Waals surface area (Å²) in [5.41, 5.74) is -0.491. The Hall–Kier alpha value is -2.21. The fraction of sp³-hybridized carbons (Fsp3) is 0.174. The van der Waals surface area contributed by atoms with E-state index in [1.54, 1.807) is 6.92 Å². The summed E-state index contributed by atoms with van der Waals surface area (Å²) >= 11 is 0. The van der Waals surface area contributed by atoms with Crippen molar-refractivity contribution in [1.29, 1.82) is 0 Å². The largest absolute Gasteiger partial charge is 1.00 e. The Morgan fingerprint density at radius 2 is 1.80 bits per heavy atom. The van der Waals surface area contributed by atoms with Crippen LogP contribution in [0.3, 0.4) is 0 Å². The second kappa shape index (κ2) is 13.8. The van der Waals surface area contributed by atoms with E-state index in [2.05, 4.69) is 10.6 Å². The van der Waals surface area contributed by atoms with Crippen LogP contribution in [0.2, 0.25) is 0 Å². The van der Waals surface area contributed by atoms with Gasteiger partial charge >= 0.3 is 65.1 Å². The van der Waals surface area contributed by atoms with E-state index in [0.29, 0.717) is 5.56 Å². The number of nitrogens with zero attached hydrogens (tertiary/aromatic N) is 1. The minimum absolute atomic E-state index is 0. The normalized spacial score (nSPS) is 10.9. The van der Waals surface area contributed by atoms with Crippen LogP contribution in [0.4, 0.5) is 19.3 Å². The predicted molar refractivity (Wildman–Crippen MR) is 112 cm³/mol. The number of carbonyl (C=O) groups excluding carboxylic acids is 2. The van der Waals surface area contributed by atoms with E-state index >= 15 is 0 Å². The first kappa shape index (κ1) is 30.8. The molecule has 0 saturated carbocycles. The standard InChI is InChI=1S/C23H21F2N3O5.2Na/c1-2-28-9-8-19(29)21(22(28)32)27-23(33)26-18(12-20(30)31)14-5-3-4-13(10-14)16-7-6-15(24)11-17(16)25;;/h3-11,18,29H,2,12H2,1H3,(H,30,31)(H2,26,27,33);;/q;2*+1/p-2/t18-;;/m0../s1. The van der Waals surface area contributed by atoms with Gasteiger partial charge in [0.25, 0.3) is 5.56 Å². The van der Waals surface area contributed by atoms with Gasteiger partial charge in [-0.05, 0) is 36.2 Å². The Labute approximate surface area is 243 Å². The fourth-order valence-corrected chi connectivity index (χ4v) is 3.30. The summed E-state index contributed by atoms with van der Waals surface area (Å²) in [5, 5.41) is 27.9. The van der Waals surface area contributed by atoms with E-state index in [-0.39, 0.29) is 76.8 Å². The molecule has 0 radical (unpaired) electrons. The van der Waals surface area contributed by atoms with Gasteiger partial charge in [-0.15, -0.1) is 0 Å². The average Bonchev–Trinajstić information content (AvgIpc) is 2.76. The smallest absolute Gasteiger partial charge is 0.871 e. The Kier molecular flexibility index (Phi) is 12.1. The van der Waals surface area contributed by atoms with Crippen molar-refractivity contribution in [2.45, 2.75) is 25.9 Å². The monoisotopic (exact) mass is 501 g/mol. The topological polar surface area (TPSA) is 126 Å². The molecule has 3 rings (SSSR count). The van der Waals surface area contributed by atoms with Crippen molar-refractivity contribution in [2.75, 3.05) is 5.32 Å². The molecular formula is C23H19F2N3Na2O5. The summed E-state index contributed by atoms with van der Waals surface area (Å²) in [6.07, 6.45) is 0.660. The third-order valence-corrected chi connectivity index (χ3v) is 4.91. The van der Waals surface area contributed by atoms with Gasteiger partial charge in [0.1, 0.15) is 17.3 Å². The van der Waals surface area contributed by atoms with Gasteiger partial charge in [-0.2, -0.15) is 0 Å². The molecule has 2 N–H and O–H groups in total. The number of amides is 2. The second-order valence-corrected chi connectivity index (χ2v) is 7.12. The van der Waals surface area contributed by atoms with Gasteiger partial charge in [0.2, 0.25) is 0 Å². The Balaban J connectivity index is 0.00000306. The summed E-state index contributed by atoms with van der Waals surface area (Å²) in [5.74, 6) is -3.74. The van der Waals surface area contributed by atoms with Crippen LogP contribution in [0.25, 0.3) is 11.1 Å². The van der Waals surface area contributed by atoms with Crippen molar-refractivity contribution in [3.8, 4) is 16.9 Å². The summed E-state index contributed by atoms with van der Waals surface area (Å²) < 4.78 is 28.6. The molecule has 8 nitrogen and oxygen atoms in total. The maximum atomic E-state index is 14.2. The number of pyridine rings is 1. The third kappa shape index (κ3) is 7.89. The first-order valence-corrected chi connectivity index (χ1v) is 9.92. The molecule has 0 spiro atoms. The molecule has 0 unspecified atom stereocenters. The van der Waals surface area contributed by atoms with Crippen LogP contribution in [-0.4, -0.2) is 16.6 Å². The predicted octanol–water partition coefficient (Wildman–Crippen LogP) is -4.10. The van der Waals surface area contributed by atoms with E-state index in [1.807, 2.05) is 0 Å². The van der Waals surface area contributed by atoms with E-state index in [9.17, 15) is 33.4 Å². The number of aryl methyl sites for hydroxylation is 1. The third-order valence-electron chi connectivity index (χ3n) is 4.91. The van der Waals surface area contributed by atoms with Crippen molar-refractivity contribution < 1.29 is 87.7 Å². The minimum Gasteiger partial charge on any atom is -0.871 e. The molecule has 1 aromatic heterocycles. The van der Waals surface area contributed by atoms with Crippen molar-refractivity contribution in [1.82, 2.24) is 9.88 Å². The summed E-state index contributed by atoms with van der Waals surface area (Å²) in [7, 11) is 0. The van der Waals surface area contributed by atoms with Crippen LogP contribution in [0.15, 0.2) is 59.5 Å². The van der Waals surface area contributed by atoms with Crippen molar-refractivity contribution in [2.24, 2.45) is 0 Å². The quantitative estimate of drug-likeness (QED) is 0.319. The van der Waals surface area contributed by atoms with Crippen LogP contribution >= 0.6 is 0 Å².